The molecule has 2 unspecified atom stereocenters. The number of hydrogen-bond acceptors (Lipinski definition) is 7. The van der Waals surface area contributed by atoms with E-state index < -0.39 is 47.9 Å². The van der Waals surface area contributed by atoms with E-state index in [4.69, 9.17) is 16.2 Å². The molecule has 1 saturated heterocycles. The highest BCUT2D eigenvalue weighted by Gasteiger charge is 2.56. The molecule has 2 aromatic heterocycles. The smallest absolute Gasteiger partial charge is 0.264 e. The molecular formula is C16H20FN5O4. The standard InChI is InChI=1S/C16H20FN5O4/c1-3-4-16(19)8(6-23)11(7(2)24)26-14(16)22-5-9(17)10-12(22)20-15(18)21-13(10)25/h5,7-8,11,14,23-24H,6,19H2,1-2H3,(H3,18,20,21,25)/t7-,8?,11+,14+,16?/m0/s1. The number of hydrogen-bond donors (Lipinski definition) is 5. The number of nitrogen functional groups attached to an aromatic ring is 1. The first kappa shape index (κ1) is 18.3. The maximum atomic E-state index is 14.4. The normalized spacial score (nSPS) is 29.5. The molecule has 0 aromatic carbocycles. The zero-order valence-electron chi connectivity index (χ0n) is 14.2. The zero-order valence-corrected chi connectivity index (χ0v) is 14.2. The van der Waals surface area contributed by atoms with E-state index in [0.29, 0.717) is 0 Å². The molecule has 10 heteroatoms. The quantitative estimate of drug-likeness (QED) is 0.440. The molecule has 7 N–H and O–H groups in total. The predicted molar refractivity (Wildman–Crippen MR) is 91.3 cm³/mol. The van der Waals surface area contributed by atoms with Gasteiger partial charge in [0.25, 0.3) is 5.56 Å². The van der Waals surface area contributed by atoms with Gasteiger partial charge < -0.3 is 26.4 Å². The van der Waals surface area contributed by atoms with Gasteiger partial charge in [-0.2, -0.15) is 4.98 Å². The summed E-state index contributed by atoms with van der Waals surface area (Å²) in [6, 6.07) is 0. The molecule has 0 aliphatic carbocycles. The Kier molecular flexibility index (Phi) is 4.49. The van der Waals surface area contributed by atoms with Gasteiger partial charge in [-0.1, -0.05) is 5.92 Å². The fourth-order valence-electron chi connectivity index (χ4n) is 3.49. The SMILES string of the molecule is CC#CC1(N)C(CO)[C@@H]([C@H](C)O)O[C@H]1n1cc(F)c2c(=O)[nH]c(N)nc21. The van der Waals surface area contributed by atoms with E-state index in [-0.39, 0.29) is 17.0 Å². The van der Waals surface area contributed by atoms with E-state index in [2.05, 4.69) is 21.8 Å². The van der Waals surface area contributed by atoms with E-state index in [0.717, 1.165) is 6.20 Å². The van der Waals surface area contributed by atoms with Gasteiger partial charge in [-0.3, -0.25) is 14.3 Å². The van der Waals surface area contributed by atoms with Crippen LogP contribution in [0.2, 0.25) is 0 Å². The summed E-state index contributed by atoms with van der Waals surface area (Å²) in [6.07, 6.45) is -1.90. The third-order valence-electron chi connectivity index (χ3n) is 4.63. The first-order valence-electron chi connectivity index (χ1n) is 7.97. The summed E-state index contributed by atoms with van der Waals surface area (Å²) in [7, 11) is 0. The number of aromatic nitrogens is 3. The maximum Gasteiger partial charge on any atom is 0.264 e. The Hall–Kier alpha value is -2.45. The lowest BCUT2D eigenvalue weighted by atomic mass is 9.81. The first-order chi connectivity index (χ1) is 12.2. The van der Waals surface area contributed by atoms with Gasteiger partial charge in [-0.15, -0.1) is 5.92 Å². The fraction of sp³-hybridized carbons (Fsp3) is 0.500. The number of rotatable bonds is 3. The monoisotopic (exact) mass is 365 g/mol. The van der Waals surface area contributed by atoms with Crippen LogP contribution in [-0.4, -0.2) is 49.1 Å². The number of anilines is 1. The third kappa shape index (κ3) is 2.57. The Morgan fingerprint density at radius 3 is 2.88 bits per heavy atom. The van der Waals surface area contributed by atoms with Crippen molar-refractivity contribution in [2.24, 2.45) is 11.7 Å². The van der Waals surface area contributed by atoms with Crippen molar-refractivity contribution in [1.82, 2.24) is 14.5 Å². The summed E-state index contributed by atoms with van der Waals surface area (Å²) < 4.78 is 21.4. The Labute approximate surface area is 147 Å². The van der Waals surface area contributed by atoms with E-state index in [1.807, 2.05) is 0 Å². The molecule has 1 aliphatic rings. The molecule has 1 fully saturated rings. The van der Waals surface area contributed by atoms with Crippen LogP contribution >= 0.6 is 0 Å². The molecule has 140 valence electrons. The summed E-state index contributed by atoms with van der Waals surface area (Å²) in [5.41, 5.74) is 9.76. The Morgan fingerprint density at radius 2 is 2.31 bits per heavy atom. The molecule has 26 heavy (non-hydrogen) atoms. The van der Waals surface area contributed by atoms with E-state index in [1.54, 1.807) is 6.92 Å². The van der Waals surface area contributed by atoms with Crippen molar-refractivity contribution in [1.29, 1.82) is 0 Å². The van der Waals surface area contributed by atoms with Crippen LogP contribution in [0, 0.1) is 23.6 Å². The number of nitrogens with zero attached hydrogens (tertiary/aromatic N) is 2. The van der Waals surface area contributed by atoms with Gasteiger partial charge in [0.1, 0.15) is 10.9 Å². The van der Waals surface area contributed by atoms with Crippen molar-refractivity contribution in [2.45, 2.75) is 37.8 Å². The van der Waals surface area contributed by atoms with Crippen molar-refractivity contribution in [3.8, 4) is 11.8 Å². The van der Waals surface area contributed by atoms with Crippen LogP contribution < -0.4 is 17.0 Å². The topological polar surface area (TPSA) is 152 Å². The van der Waals surface area contributed by atoms with Gasteiger partial charge in [0.2, 0.25) is 5.95 Å². The highest BCUT2D eigenvalue weighted by molar-refractivity contribution is 5.77. The molecule has 0 saturated carbocycles. The lowest BCUT2D eigenvalue weighted by Gasteiger charge is -2.30. The summed E-state index contributed by atoms with van der Waals surface area (Å²) in [4.78, 5) is 18.2. The van der Waals surface area contributed by atoms with Crippen LogP contribution in [-0.2, 0) is 4.74 Å². The molecule has 3 heterocycles. The number of aliphatic hydroxyl groups excluding tert-OH is 2. The van der Waals surface area contributed by atoms with Gasteiger partial charge in [-0.25, -0.2) is 4.39 Å². The number of fused-ring (bicyclic) bond motifs is 1. The molecule has 0 radical (unpaired) electrons. The second-order valence-corrected chi connectivity index (χ2v) is 6.32. The zero-order chi connectivity index (χ0) is 19.2. The van der Waals surface area contributed by atoms with Crippen LogP contribution in [0.15, 0.2) is 11.0 Å². The molecule has 5 atom stereocenters. The number of nitrogens with two attached hydrogens (primary N) is 2. The average Bonchev–Trinajstić information content (AvgIpc) is 3.02. The van der Waals surface area contributed by atoms with Crippen molar-refractivity contribution in [3.63, 3.8) is 0 Å². The van der Waals surface area contributed by atoms with Gasteiger partial charge in [0.05, 0.1) is 18.8 Å². The molecule has 1 aliphatic heterocycles. The van der Waals surface area contributed by atoms with Gasteiger partial charge >= 0.3 is 0 Å². The van der Waals surface area contributed by atoms with Crippen LogP contribution in [0.25, 0.3) is 11.0 Å². The van der Waals surface area contributed by atoms with Crippen molar-refractivity contribution < 1.29 is 19.3 Å². The van der Waals surface area contributed by atoms with Crippen LogP contribution in [0.5, 0.6) is 0 Å². The summed E-state index contributed by atoms with van der Waals surface area (Å²) >= 11 is 0. The molecule has 0 spiro atoms. The summed E-state index contributed by atoms with van der Waals surface area (Å²) in [5.74, 6) is 3.71. The Balaban J connectivity index is 2.26. The number of ether oxygens (including phenoxy) is 1. The molecular weight excluding hydrogens is 345 g/mol. The van der Waals surface area contributed by atoms with E-state index in [1.165, 1.54) is 11.5 Å². The highest BCUT2D eigenvalue weighted by atomic mass is 19.1. The summed E-state index contributed by atoms with van der Waals surface area (Å²) in [5, 5.41) is 19.5. The Bertz CT molecular complexity index is 959. The first-order valence-corrected chi connectivity index (χ1v) is 7.97. The van der Waals surface area contributed by atoms with Crippen LogP contribution in [0.4, 0.5) is 10.3 Å². The van der Waals surface area contributed by atoms with Gasteiger partial charge in [0.15, 0.2) is 17.7 Å². The minimum atomic E-state index is -1.46. The van der Waals surface area contributed by atoms with Gasteiger partial charge in [-0.05, 0) is 13.8 Å². The average molecular weight is 365 g/mol. The highest BCUT2D eigenvalue weighted by Crippen LogP contribution is 2.43. The minimum Gasteiger partial charge on any atom is -0.396 e. The lowest BCUT2D eigenvalue weighted by Crippen LogP contribution is -2.52. The number of aliphatic hydroxyl groups is 2. The second-order valence-electron chi connectivity index (χ2n) is 6.32. The minimum absolute atomic E-state index is 0.0654. The number of aromatic amines is 1. The fourth-order valence-corrected chi connectivity index (χ4v) is 3.49. The lowest BCUT2D eigenvalue weighted by molar-refractivity contribution is -0.0676. The van der Waals surface area contributed by atoms with E-state index >= 15 is 0 Å². The maximum absolute atomic E-state index is 14.4. The van der Waals surface area contributed by atoms with Crippen LogP contribution in [0.3, 0.4) is 0 Å². The third-order valence-corrected chi connectivity index (χ3v) is 4.63. The molecule has 0 amide bonds. The number of halogens is 1. The van der Waals surface area contributed by atoms with Crippen LogP contribution in [0.1, 0.15) is 20.1 Å². The Morgan fingerprint density at radius 1 is 1.62 bits per heavy atom. The second kappa shape index (κ2) is 6.37. The summed E-state index contributed by atoms with van der Waals surface area (Å²) in [6.45, 7) is 2.64. The number of nitrogens with one attached hydrogen (secondary N) is 1. The number of H-pyrrole nitrogens is 1. The molecule has 0 bridgehead atoms. The molecule has 2 aromatic rings. The van der Waals surface area contributed by atoms with Crippen molar-refractivity contribution in [3.05, 3.63) is 22.4 Å². The van der Waals surface area contributed by atoms with Crippen molar-refractivity contribution >= 4 is 17.0 Å². The van der Waals surface area contributed by atoms with Gasteiger partial charge in [0, 0.05) is 12.1 Å². The largest absolute Gasteiger partial charge is 0.396 e. The van der Waals surface area contributed by atoms with Crippen molar-refractivity contribution in [2.75, 3.05) is 12.3 Å². The van der Waals surface area contributed by atoms with E-state index in [9.17, 15) is 19.4 Å². The predicted octanol–water partition coefficient (Wildman–Crippen LogP) is -0.947. The molecule has 3 rings (SSSR count). The molecule has 9 nitrogen and oxygen atoms in total.